The molecule has 1 heterocycles. The zero-order valence-electron chi connectivity index (χ0n) is 18.9. The van der Waals surface area contributed by atoms with E-state index in [9.17, 15) is 48.0 Å². The number of hydrogen-bond acceptors (Lipinski definition) is 7. The van der Waals surface area contributed by atoms with Gasteiger partial charge in [-0.2, -0.15) is 34.8 Å². The van der Waals surface area contributed by atoms with E-state index in [4.69, 9.17) is 8.60 Å². The molecule has 0 bridgehead atoms. The first-order chi connectivity index (χ1) is 18.0. The highest BCUT2D eigenvalue weighted by atomic mass is 32.2. The van der Waals surface area contributed by atoms with Crippen LogP contribution >= 0.6 is 0 Å². The van der Waals surface area contributed by atoms with Crippen LogP contribution in [0.3, 0.4) is 0 Å². The Kier molecular flexibility index (Phi) is 6.89. The van der Waals surface area contributed by atoms with Gasteiger partial charge in [0.05, 0.1) is 16.0 Å². The van der Waals surface area contributed by atoms with Gasteiger partial charge in [0, 0.05) is 5.39 Å². The molecule has 4 rings (SSSR count). The zero-order chi connectivity index (χ0) is 28.8. The molecule has 1 N–H and O–H groups in total. The van der Waals surface area contributed by atoms with Gasteiger partial charge in [0.1, 0.15) is 10.6 Å². The van der Waals surface area contributed by atoms with Crippen LogP contribution in [0, 0.1) is 0 Å². The molecule has 0 aliphatic carbocycles. The van der Waals surface area contributed by atoms with Gasteiger partial charge in [0.2, 0.25) is 0 Å². The summed E-state index contributed by atoms with van der Waals surface area (Å²) in [6, 6.07) is 9.67. The quantitative estimate of drug-likeness (QED) is 0.181. The van der Waals surface area contributed by atoms with Crippen molar-refractivity contribution in [3.05, 3.63) is 94.3 Å². The van der Waals surface area contributed by atoms with Gasteiger partial charge in [-0.3, -0.25) is 4.72 Å². The SMILES string of the molecule is O=c1oc2c(OS(=O)(=O)c3ccc(C(F)(F)F)cc3)cccc2cc1NS(=O)(=O)c1cccc(C(F)(F)F)c1. The van der Waals surface area contributed by atoms with Crippen LogP contribution < -0.4 is 14.5 Å². The van der Waals surface area contributed by atoms with Crippen LogP contribution in [0.1, 0.15) is 11.1 Å². The number of sulfonamides is 1. The van der Waals surface area contributed by atoms with Gasteiger partial charge in [0.15, 0.2) is 11.3 Å². The van der Waals surface area contributed by atoms with Gasteiger partial charge >= 0.3 is 28.1 Å². The molecule has 0 amide bonds. The van der Waals surface area contributed by atoms with E-state index in [1.165, 1.54) is 12.1 Å². The molecule has 1 aromatic heterocycles. The zero-order valence-corrected chi connectivity index (χ0v) is 20.5. The van der Waals surface area contributed by atoms with Crippen LogP contribution in [0.2, 0.25) is 0 Å². The second-order valence-corrected chi connectivity index (χ2v) is 11.0. The summed E-state index contributed by atoms with van der Waals surface area (Å²) in [5, 5.41) is -0.0588. The lowest BCUT2D eigenvalue weighted by Crippen LogP contribution is -2.19. The predicted molar refractivity (Wildman–Crippen MR) is 124 cm³/mol. The number of alkyl halides is 6. The molecular weight excluding hydrogens is 580 g/mol. The van der Waals surface area contributed by atoms with Crippen LogP contribution in [0.25, 0.3) is 11.0 Å². The minimum atomic E-state index is -4.83. The molecule has 39 heavy (non-hydrogen) atoms. The van der Waals surface area contributed by atoms with E-state index in [0.29, 0.717) is 36.4 Å². The van der Waals surface area contributed by atoms with Gasteiger partial charge in [-0.05, 0) is 54.6 Å². The maximum Gasteiger partial charge on any atom is 0.416 e. The number of para-hydroxylation sites is 1. The summed E-state index contributed by atoms with van der Waals surface area (Å²) < 4.78 is 139. The summed E-state index contributed by atoms with van der Waals surface area (Å²) in [5.74, 6) is -0.545. The van der Waals surface area contributed by atoms with E-state index in [0.717, 1.165) is 24.3 Å². The highest BCUT2D eigenvalue weighted by molar-refractivity contribution is 7.92. The summed E-state index contributed by atoms with van der Waals surface area (Å²) in [6.45, 7) is 0. The average molecular weight is 593 g/mol. The molecule has 0 saturated heterocycles. The smallest absolute Gasteiger partial charge is 0.416 e. The van der Waals surface area contributed by atoms with Gasteiger partial charge in [-0.15, -0.1) is 0 Å². The standard InChI is InChI=1S/C23H13F6NO7S2/c24-22(25,26)14-7-9-16(10-8-14)39(34,35)37-19-6-1-3-13-11-18(21(31)36-20(13)19)30-38(32,33)17-5-2-4-15(12-17)23(27,28)29/h1-12,30H. The minimum Gasteiger partial charge on any atom is -0.417 e. The highest BCUT2D eigenvalue weighted by Gasteiger charge is 2.32. The van der Waals surface area contributed by atoms with E-state index in [2.05, 4.69) is 0 Å². The Hall–Kier alpha value is -4.05. The Morgan fingerprint density at radius 2 is 1.33 bits per heavy atom. The van der Waals surface area contributed by atoms with E-state index in [1.54, 1.807) is 0 Å². The molecule has 0 saturated carbocycles. The number of benzene rings is 3. The summed E-state index contributed by atoms with van der Waals surface area (Å²) in [7, 11) is -9.40. The Labute approximate surface area is 215 Å². The molecule has 0 atom stereocenters. The lowest BCUT2D eigenvalue weighted by Gasteiger charge is -2.12. The molecule has 0 spiro atoms. The third-order valence-corrected chi connectivity index (χ3v) is 7.72. The maximum absolute atomic E-state index is 13.0. The van der Waals surface area contributed by atoms with Gasteiger partial charge in [-0.1, -0.05) is 18.2 Å². The average Bonchev–Trinajstić information content (AvgIpc) is 2.84. The summed E-state index contributed by atoms with van der Waals surface area (Å²) >= 11 is 0. The van der Waals surface area contributed by atoms with E-state index < -0.39 is 76.1 Å². The van der Waals surface area contributed by atoms with Crippen molar-refractivity contribution in [2.75, 3.05) is 4.72 Å². The van der Waals surface area contributed by atoms with Crippen LogP contribution in [0.15, 0.2) is 91.8 Å². The van der Waals surface area contributed by atoms with Crippen molar-refractivity contribution >= 4 is 36.8 Å². The van der Waals surface area contributed by atoms with Crippen molar-refractivity contribution in [2.24, 2.45) is 0 Å². The molecule has 8 nitrogen and oxygen atoms in total. The fourth-order valence-electron chi connectivity index (χ4n) is 3.27. The summed E-state index contributed by atoms with van der Waals surface area (Å²) in [4.78, 5) is 11.1. The molecule has 16 heteroatoms. The molecule has 0 aliphatic rings. The van der Waals surface area contributed by atoms with Crippen LogP contribution in [0.5, 0.6) is 5.75 Å². The van der Waals surface area contributed by atoms with Crippen molar-refractivity contribution in [2.45, 2.75) is 22.1 Å². The van der Waals surface area contributed by atoms with Crippen molar-refractivity contribution in [1.82, 2.24) is 0 Å². The molecule has 4 aromatic rings. The van der Waals surface area contributed by atoms with Gasteiger partial charge in [-0.25, -0.2) is 13.2 Å². The number of fused-ring (bicyclic) bond motifs is 1. The van der Waals surface area contributed by atoms with Crippen molar-refractivity contribution in [1.29, 1.82) is 0 Å². The Morgan fingerprint density at radius 1 is 0.718 bits per heavy atom. The van der Waals surface area contributed by atoms with Crippen molar-refractivity contribution < 1.29 is 51.8 Å². The number of rotatable bonds is 6. The summed E-state index contributed by atoms with van der Waals surface area (Å²) in [5.41, 5.74) is -4.85. The normalized spacial score (nSPS) is 12.9. The monoisotopic (exact) mass is 593 g/mol. The molecule has 0 radical (unpaired) electrons. The fourth-order valence-corrected chi connectivity index (χ4v) is 5.30. The number of halogens is 6. The van der Waals surface area contributed by atoms with E-state index >= 15 is 0 Å². The third kappa shape index (κ3) is 6.01. The maximum atomic E-state index is 13.0. The van der Waals surface area contributed by atoms with Crippen LogP contribution in [0.4, 0.5) is 32.0 Å². The molecular formula is C23H13F6NO7S2. The second kappa shape index (κ2) is 9.60. The first-order valence-electron chi connectivity index (χ1n) is 10.4. The lowest BCUT2D eigenvalue weighted by atomic mass is 10.2. The third-order valence-electron chi connectivity index (χ3n) is 5.11. The van der Waals surface area contributed by atoms with Gasteiger partial charge < -0.3 is 8.60 Å². The Bertz CT molecular complexity index is 1830. The summed E-state index contributed by atoms with van der Waals surface area (Å²) in [6.07, 6.45) is -9.53. The molecule has 206 valence electrons. The minimum absolute atomic E-state index is 0.0588. The van der Waals surface area contributed by atoms with Crippen LogP contribution in [-0.2, 0) is 32.5 Å². The largest absolute Gasteiger partial charge is 0.417 e. The first-order valence-corrected chi connectivity index (χ1v) is 13.3. The highest BCUT2D eigenvalue weighted by Crippen LogP contribution is 2.33. The Balaban J connectivity index is 1.66. The van der Waals surface area contributed by atoms with Gasteiger partial charge in [0.25, 0.3) is 10.0 Å². The van der Waals surface area contributed by atoms with E-state index in [-0.39, 0.29) is 5.39 Å². The predicted octanol–water partition coefficient (Wildman–Crippen LogP) is 5.40. The van der Waals surface area contributed by atoms with Crippen LogP contribution in [-0.4, -0.2) is 16.8 Å². The molecule has 0 fully saturated rings. The molecule has 3 aromatic carbocycles. The fraction of sp³-hybridized carbons (Fsp3) is 0.0870. The van der Waals surface area contributed by atoms with Crippen molar-refractivity contribution in [3.63, 3.8) is 0 Å². The molecule has 0 aliphatic heterocycles. The Morgan fingerprint density at radius 3 is 1.95 bits per heavy atom. The first kappa shape index (κ1) is 28.0. The topological polar surface area (TPSA) is 120 Å². The van der Waals surface area contributed by atoms with E-state index in [1.807, 2.05) is 4.72 Å². The lowest BCUT2D eigenvalue weighted by molar-refractivity contribution is -0.138. The number of anilines is 1. The van der Waals surface area contributed by atoms with Crippen molar-refractivity contribution in [3.8, 4) is 5.75 Å². The molecule has 0 unspecified atom stereocenters. The number of nitrogens with one attached hydrogen (secondary N) is 1. The second-order valence-electron chi connectivity index (χ2n) is 7.81. The number of hydrogen-bond donors (Lipinski definition) is 1.